The fourth-order valence-corrected chi connectivity index (χ4v) is 1.65. The molecule has 0 atom stereocenters. The van der Waals surface area contributed by atoms with E-state index in [1.165, 1.54) is 12.1 Å². The van der Waals surface area contributed by atoms with E-state index in [1.807, 2.05) is 30.3 Å². The predicted octanol–water partition coefficient (Wildman–Crippen LogP) is 0.298. The molecule has 0 fully saturated rings. The van der Waals surface area contributed by atoms with Gasteiger partial charge in [-0.2, -0.15) is 0 Å². The van der Waals surface area contributed by atoms with E-state index in [2.05, 4.69) is 0 Å². The number of hydrogen-bond donors (Lipinski definition) is 0. The Labute approximate surface area is 164 Å². The Morgan fingerprint density at radius 2 is 1.62 bits per heavy atom. The first-order valence-electron chi connectivity index (χ1n) is 6.10. The Morgan fingerprint density at radius 1 is 0.905 bits per heavy atom. The maximum absolute atomic E-state index is 12.6. The van der Waals surface area contributed by atoms with Crippen molar-refractivity contribution in [3.63, 3.8) is 0 Å². The number of halogens is 3. The van der Waals surface area contributed by atoms with Crippen molar-refractivity contribution in [1.82, 2.24) is 0 Å². The molecule has 0 aliphatic heterocycles. The van der Waals surface area contributed by atoms with Gasteiger partial charge in [-0.05, 0) is 17.7 Å². The topological polar surface area (TPSA) is 18.5 Å². The minimum Gasteiger partial charge on any atom is -0.468 e. The Balaban J connectivity index is 0.00000220. The summed E-state index contributed by atoms with van der Waals surface area (Å²) in [6, 6.07) is 14.2. The zero-order valence-electron chi connectivity index (χ0n) is 11.6. The van der Waals surface area contributed by atoms with E-state index >= 15 is 0 Å². The smallest absolute Gasteiger partial charge is 0.468 e. The molecule has 7 heteroatoms. The van der Waals surface area contributed by atoms with Gasteiger partial charge in [0.15, 0.2) is 6.79 Å². The summed E-state index contributed by atoms with van der Waals surface area (Å²) in [6.45, 7) is -4.75. The summed E-state index contributed by atoms with van der Waals surface area (Å²) in [5.74, 6) is 0.148. The Kier molecular flexibility index (Phi) is 8.01. The van der Waals surface area contributed by atoms with Crippen molar-refractivity contribution in [3.8, 4) is 5.75 Å². The summed E-state index contributed by atoms with van der Waals surface area (Å²) in [7, 11) is 0. The zero-order valence-corrected chi connectivity index (χ0v) is 14.8. The number of rotatable bonds is 6. The van der Waals surface area contributed by atoms with Crippen LogP contribution in [0.25, 0.3) is 0 Å². The molecule has 0 spiro atoms. The van der Waals surface area contributed by atoms with Gasteiger partial charge in [-0.25, -0.2) is 0 Å². The summed E-state index contributed by atoms with van der Waals surface area (Å²) in [5, 5.41) is 0. The molecule has 0 aliphatic rings. The van der Waals surface area contributed by atoms with Crippen LogP contribution in [-0.4, -0.2) is 13.8 Å². The van der Waals surface area contributed by atoms with Gasteiger partial charge in [0.1, 0.15) is 5.75 Å². The van der Waals surface area contributed by atoms with Crippen molar-refractivity contribution >= 4 is 12.4 Å². The van der Waals surface area contributed by atoms with Crippen LogP contribution in [0, 0.1) is 0 Å². The molecule has 21 heavy (non-hydrogen) atoms. The molecule has 2 nitrogen and oxygen atoms in total. The second kappa shape index (κ2) is 8.97. The summed E-state index contributed by atoms with van der Waals surface area (Å²) < 4.78 is 48.1. The van der Waals surface area contributed by atoms with Gasteiger partial charge in [-0.1, -0.05) is 42.5 Å². The molecule has 0 N–H and O–H groups in total. The number of benzene rings is 2. The summed E-state index contributed by atoms with van der Waals surface area (Å²) in [4.78, 5) is 0. The van der Waals surface area contributed by atoms with Gasteiger partial charge in [-0.15, -0.1) is 5.46 Å². The van der Waals surface area contributed by atoms with Gasteiger partial charge in [0.2, 0.25) is 0 Å². The van der Waals surface area contributed by atoms with Crippen LogP contribution in [-0.2, 0) is 11.3 Å². The molecule has 2 aromatic carbocycles. The van der Waals surface area contributed by atoms with Crippen molar-refractivity contribution in [2.24, 2.45) is 0 Å². The van der Waals surface area contributed by atoms with Crippen LogP contribution in [0.5, 0.6) is 5.75 Å². The Morgan fingerprint density at radius 3 is 2.29 bits per heavy atom. The quantitative estimate of drug-likeness (QED) is 0.433. The van der Waals surface area contributed by atoms with Crippen molar-refractivity contribution in [1.29, 1.82) is 0 Å². The fraction of sp³-hybridized carbons (Fsp3) is 0.143. The van der Waals surface area contributed by atoms with Crippen LogP contribution in [0.4, 0.5) is 12.9 Å². The monoisotopic (exact) mass is 320 g/mol. The van der Waals surface area contributed by atoms with E-state index in [4.69, 9.17) is 9.47 Å². The average Bonchev–Trinajstić information content (AvgIpc) is 2.44. The third kappa shape index (κ3) is 6.54. The zero-order chi connectivity index (χ0) is 14.4. The van der Waals surface area contributed by atoms with E-state index in [1.54, 1.807) is 0 Å². The molecule has 0 saturated carbocycles. The third-order valence-electron chi connectivity index (χ3n) is 2.66. The van der Waals surface area contributed by atoms with E-state index in [-0.39, 0.29) is 63.9 Å². The van der Waals surface area contributed by atoms with Crippen molar-refractivity contribution in [2.75, 3.05) is 6.79 Å². The van der Waals surface area contributed by atoms with Crippen molar-refractivity contribution in [3.05, 3.63) is 60.2 Å². The van der Waals surface area contributed by atoms with Gasteiger partial charge >= 0.3 is 58.4 Å². The fourth-order valence-electron chi connectivity index (χ4n) is 1.65. The molecule has 0 aromatic heterocycles. The summed E-state index contributed by atoms with van der Waals surface area (Å²) in [6.07, 6.45) is 0. The molecule has 0 unspecified atom stereocenters. The van der Waals surface area contributed by atoms with Gasteiger partial charge in [0.25, 0.3) is 0 Å². The van der Waals surface area contributed by atoms with Crippen LogP contribution in [0.2, 0.25) is 0 Å². The maximum atomic E-state index is 12.6. The Bertz CT molecular complexity index is 549. The summed E-state index contributed by atoms with van der Waals surface area (Å²) in [5.41, 5.74) is 0.300. The SMILES string of the molecule is F[B-](F)(F)c1cccc(OCOCc2ccccc2)c1.[K+]. The molecule has 2 rings (SSSR count). The summed E-state index contributed by atoms with van der Waals surface area (Å²) >= 11 is 0. The normalized spacial score (nSPS) is 10.8. The maximum Gasteiger partial charge on any atom is 1.00 e. The van der Waals surface area contributed by atoms with Crippen molar-refractivity contribution < 1.29 is 73.8 Å². The van der Waals surface area contributed by atoms with Gasteiger partial charge < -0.3 is 22.4 Å². The van der Waals surface area contributed by atoms with E-state index in [0.29, 0.717) is 6.61 Å². The van der Waals surface area contributed by atoms with Gasteiger partial charge in [0.05, 0.1) is 6.61 Å². The largest absolute Gasteiger partial charge is 1.00 e. The molecule has 0 radical (unpaired) electrons. The molecule has 0 aliphatic carbocycles. The van der Waals surface area contributed by atoms with Crippen LogP contribution < -0.4 is 61.6 Å². The van der Waals surface area contributed by atoms with Crippen LogP contribution in [0.3, 0.4) is 0 Å². The Hall–Kier alpha value is -0.309. The molecular formula is C14H13BF3KO2. The first-order valence-corrected chi connectivity index (χ1v) is 6.10. The van der Waals surface area contributed by atoms with Crippen LogP contribution in [0.15, 0.2) is 54.6 Å². The molecule has 0 heterocycles. The molecule has 0 bridgehead atoms. The first-order chi connectivity index (χ1) is 9.55. The first kappa shape index (κ1) is 18.7. The second-order valence-corrected chi connectivity index (χ2v) is 4.24. The average molecular weight is 320 g/mol. The van der Waals surface area contributed by atoms with Gasteiger partial charge in [-0.3, -0.25) is 0 Å². The molecular weight excluding hydrogens is 307 g/mol. The molecule has 106 valence electrons. The van der Waals surface area contributed by atoms with Crippen LogP contribution >= 0.6 is 0 Å². The van der Waals surface area contributed by atoms with E-state index in [9.17, 15) is 12.9 Å². The van der Waals surface area contributed by atoms with Gasteiger partial charge in [0, 0.05) is 0 Å². The standard InChI is InChI=1S/C14H13BF3O2.K/c16-15(17,18)13-7-4-8-14(9-13)20-11-19-10-12-5-2-1-3-6-12;/h1-9H,10-11H2;/q-1;+1. The minimum atomic E-state index is -5.01. The number of ether oxygens (including phenoxy) is 2. The molecule has 0 amide bonds. The van der Waals surface area contributed by atoms with E-state index in [0.717, 1.165) is 17.7 Å². The van der Waals surface area contributed by atoms with Crippen LogP contribution in [0.1, 0.15) is 5.56 Å². The molecule has 0 saturated heterocycles. The third-order valence-corrected chi connectivity index (χ3v) is 2.66. The second-order valence-electron chi connectivity index (χ2n) is 4.24. The molecule has 2 aromatic rings. The minimum absolute atomic E-state index is 0. The van der Waals surface area contributed by atoms with E-state index < -0.39 is 12.4 Å². The van der Waals surface area contributed by atoms with Crippen molar-refractivity contribution in [2.45, 2.75) is 6.61 Å². The number of hydrogen-bond acceptors (Lipinski definition) is 2. The predicted molar refractivity (Wildman–Crippen MR) is 71.9 cm³/mol.